The SMILES string of the molecule is Cc1ccc(OCC2CCC3(CCCC3)O2)c(B2OC(C)(C)C(C)(C)O2)c1. The van der Waals surface area contributed by atoms with Crippen LogP contribution in [-0.4, -0.2) is 36.6 Å². The van der Waals surface area contributed by atoms with E-state index < -0.39 is 7.12 Å². The molecule has 0 radical (unpaired) electrons. The molecule has 27 heavy (non-hydrogen) atoms. The minimum absolute atomic E-state index is 0.149. The Morgan fingerprint density at radius 3 is 2.37 bits per heavy atom. The van der Waals surface area contributed by atoms with Crippen LogP contribution in [0, 0.1) is 6.92 Å². The van der Waals surface area contributed by atoms with Crippen LogP contribution in [0.3, 0.4) is 0 Å². The van der Waals surface area contributed by atoms with Crippen LogP contribution in [0.25, 0.3) is 0 Å². The molecule has 1 aromatic carbocycles. The Morgan fingerprint density at radius 1 is 1.04 bits per heavy atom. The van der Waals surface area contributed by atoms with Gasteiger partial charge in [0.25, 0.3) is 0 Å². The van der Waals surface area contributed by atoms with Crippen LogP contribution in [0.15, 0.2) is 18.2 Å². The topological polar surface area (TPSA) is 36.9 Å². The van der Waals surface area contributed by atoms with Crippen molar-refractivity contribution in [1.29, 1.82) is 0 Å². The predicted molar refractivity (Wildman–Crippen MR) is 108 cm³/mol. The van der Waals surface area contributed by atoms with Crippen molar-refractivity contribution in [3.05, 3.63) is 23.8 Å². The maximum Gasteiger partial charge on any atom is 0.498 e. The van der Waals surface area contributed by atoms with E-state index in [0.717, 1.165) is 17.6 Å². The van der Waals surface area contributed by atoms with Gasteiger partial charge in [-0.05, 0) is 66.4 Å². The highest BCUT2D eigenvalue weighted by molar-refractivity contribution is 6.63. The molecule has 2 heterocycles. The Kier molecular flexibility index (Phi) is 4.85. The molecule has 0 N–H and O–H groups in total. The summed E-state index contributed by atoms with van der Waals surface area (Å²) in [6.07, 6.45) is 7.50. The summed E-state index contributed by atoms with van der Waals surface area (Å²) >= 11 is 0. The van der Waals surface area contributed by atoms with Gasteiger partial charge in [-0.1, -0.05) is 30.5 Å². The first-order chi connectivity index (χ1) is 12.7. The van der Waals surface area contributed by atoms with Crippen LogP contribution in [0.2, 0.25) is 0 Å². The smallest absolute Gasteiger partial charge is 0.491 e. The lowest BCUT2D eigenvalue weighted by molar-refractivity contribution is -0.0508. The molecule has 1 aliphatic carbocycles. The summed E-state index contributed by atoms with van der Waals surface area (Å²) in [7, 11) is -0.407. The van der Waals surface area contributed by atoms with Gasteiger partial charge in [-0.3, -0.25) is 0 Å². The van der Waals surface area contributed by atoms with Crippen molar-refractivity contribution in [3.63, 3.8) is 0 Å². The molecule has 4 rings (SSSR count). The van der Waals surface area contributed by atoms with Gasteiger partial charge in [0.2, 0.25) is 0 Å². The quantitative estimate of drug-likeness (QED) is 0.744. The summed E-state index contributed by atoms with van der Waals surface area (Å²) in [6, 6.07) is 6.24. The molecule has 0 aromatic heterocycles. The van der Waals surface area contributed by atoms with E-state index in [-0.39, 0.29) is 22.9 Å². The maximum atomic E-state index is 6.40. The lowest BCUT2D eigenvalue weighted by atomic mass is 9.77. The first-order valence-electron chi connectivity index (χ1n) is 10.5. The molecule has 1 saturated carbocycles. The van der Waals surface area contributed by atoms with E-state index in [4.69, 9.17) is 18.8 Å². The molecular formula is C22H33BO4. The van der Waals surface area contributed by atoms with Crippen LogP contribution in [0.4, 0.5) is 0 Å². The average Bonchev–Trinajstić information content (AvgIpc) is 3.27. The van der Waals surface area contributed by atoms with Crippen LogP contribution in [-0.2, 0) is 14.0 Å². The summed E-state index contributed by atoms with van der Waals surface area (Å²) < 4.78 is 25.2. The summed E-state index contributed by atoms with van der Waals surface area (Å²) in [5.74, 6) is 0.843. The molecule has 1 unspecified atom stereocenters. The number of benzene rings is 1. The Balaban J connectivity index is 1.46. The second-order valence-electron chi connectivity index (χ2n) is 9.61. The number of hydrogen-bond acceptors (Lipinski definition) is 4. The number of ether oxygens (including phenoxy) is 2. The van der Waals surface area contributed by atoms with Gasteiger partial charge in [-0.2, -0.15) is 0 Å². The van der Waals surface area contributed by atoms with Gasteiger partial charge in [0.15, 0.2) is 0 Å². The number of rotatable bonds is 4. The summed E-state index contributed by atoms with van der Waals surface area (Å²) in [5, 5.41) is 0. The molecule has 3 aliphatic rings. The van der Waals surface area contributed by atoms with Gasteiger partial charge >= 0.3 is 7.12 Å². The zero-order chi connectivity index (χ0) is 19.3. The van der Waals surface area contributed by atoms with Crippen LogP contribution >= 0.6 is 0 Å². The third kappa shape index (κ3) is 3.66. The highest BCUT2D eigenvalue weighted by atomic mass is 16.7. The minimum Gasteiger partial charge on any atom is -0.491 e. The molecular weight excluding hydrogens is 339 g/mol. The largest absolute Gasteiger partial charge is 0.498 e. The van der Waals surface area contributed by atoms with E-state index in [0.29, 0.717) is 6.61 Å². The fraction of sp³-hybridized carbons (Fsp3) is 0.727. The normalized spacial score (nSPS) is 28.2. The second kappa shape index (κ2) is 6.79. The molecule has 4 nitrogen and oxygen atoms in total. The third-order valence-corrected chi connectivity index (χ3v) is 6.95. The summed E-state index contributed by atoms with van der Waals surface area (Å²) in [6.45, 7) is 11.0. The molecule has 0 amide bonds. The minimum atomic E-state index is -0.407. The molecule has 1 aromatic rings. The highest BCUT2D eigenvalue weighted by Gasteiger charge is 2.52. The molecule has 3 fully saturated rings. The van der Waals surface area contributed by atoms with Crippen molar-refractivity contribution in [2.24, 2.45) is 0 Å². The van der Waals surface area contributed by atoms with E-state index in [1.807, 2.05) is 6.07 Å². The lowest BCUT2D eigenvalue weighted by Crippen LogP contribution is -2.41. The number of hydrogen-bond donors (Lipinski definition) is 0. The first kappa shape index (κ1) is 19.3. The Morgan fingerprint density at radius 2 is 1.70 bits per heavy atom. The van der Waals surface area contributed by atoms with E-state index in [1.54, 1.807) is 0 Å². The predicted octanol–water partition coefficient (Wildman–Crippen LogP) is 4.16. The van der Waals surface area contributed by atoms with Gasteiger partial charge in [0.1, 0.15) is 12.4 Å². The summed E-state index contributed by atoms with van der Waals surface area (Å²) in [5.41, 5.74) is 1.58. The van der Waals surface area contributed by atoms with Crippen LogP contribution in [0.5, 0.6) is 5.75 Å². The van der Waals surface area contributed by atoms with E-state index in [1.165, 1.54) is 37.7 Å². The van der Waals surface area contributed by atoms with Crippen molar-refractivity contribution in [2.75, 3.05) is 6.61 Å². The third-order valence-electron chi connectivity index (χ3n) is 6.95. The maximum absolute atomic E-state index is 6.40. The first-order valence-corrected chi connectivity index (χ1v) is 10.5. The summed E-state index contributed by atoms with van der Waals surface area (Å²) in [4.78, 5) is 0. The van der Waals surface area contributed by atoms with Crippen molar-refractivity contribution in [1.82, 2.24) is 0 Å². The Hall–Kier alpha value is -1.04. The van der Waals surface area contributed by atoms with E-state index >= 15 is 0 Å². The molecule has 0 bridgehead atoms. The van der Waals surface area contributed by atoms with Crippen molar-refractivity contribution < 1.29 is 18.8 Å². The second-order valence-corrected chi connectivity index (χ2v) is 9.61. The van der Waals surface area contributed by atoms with Gasteiger partial charge in [-0.15, -0.1) is 0 Å². The molecule has 1 spiro atoms. The van der Waals surface area contributed by atoms with Crippen LogP contribution < -0.4 is 10.2 Å². The monoisotopic (exact) mass is 372 g/mol. The molecule has 148 valence electrons. The van der Waals surface area contributed by atoms with E-state index in [9.17, 15) is 0 Å². The molecule has 1 atom stereocenters. The highest BCUT2D eigenvalue weighted by Crippen LogP contribution is 2.43. The zero-order valence-electron chi connectivity index (χ0n) is 17.5. The van der Waals surface area contributed by atoms with Crippen LogP contribution in [0.1, 0.15) is 71.8 Å². The molecule has 5 heteroatoms. The van der Waals surface area contributed by atoms with Crippen molar-refractivity contribution >= 4 is 12.6 Å². The van der Waals surface area contributed by atoms with Gasteiger partial charge in [0, 0.05) is 5.46 Å². The molecule has 2 saturated heterocycles. The van der Waals surface area contributed by atoms with Gasteiger partial charge in [0.05, 0.1) is 22.9 Å². The van der Waals surface area contributed by atoms with Gasteiger partial charge in [-0.25, -0.2) is 0 Å². The average molecular weight is 372 g/mol. The fourth-order valence-corrected chi connectivity index (χ4v) is 4.54. The lowest BCUT2D eigenvalue weighted by Gasteiger charge is -2.32. The van der Waals surface area contributed by atoms with Crippen molar-refractivity contribution in [2.45, 2.75) is 96.1 Å². The Bertz CT molecular complexity index is 678. The van der Waals surface area contributed by atoms with E-state index in [2.05, 4.69) is 46.8 Å². The van der Waals surface area contributed by atoms with Crippen molar-refractivity contribution in [3.8, 4) is 5.75 Å². The van der Waals surface area contributed by atoms with Gasteiger partial charge < -0.3 is 18.8 Å². The Labute approximate surface area is 164 Å². The standard InChI is InChI=1S/C22H33BO4/c1-16-8-9-19(18(14-16)23-26-20(2,3)21(4,5)27-23)24-15-17-10-13-22(25-17)11-6-7-12-22/h8-9,14,17H,6-7,10-13,15H2,1-5H3. The molecule has 2 aliphatic heterocycles. The fourth-order valence-electron chi connectivity index (χ4n) is 4.54. The number of aryl methyl sites for hydroxylation is 1. The zero-order valence-corrected chi connectivity index (χ0v) is 17.5.